The molecule has 0 radical (unpaired) electrons. The predicted molar refractivity (Wildman–Crippen MR) is 112 cm³/mol. The van der Waals surface area contributed by atoms with Crippen molar-refractivity contribution in [2.75, 3.05) is 46.0 Å². The molecule has 2 aromatic rings. The Morgan fingerprint density at radius 3 is 2.06 bits per heavy atom. The molecule has 0 aliphatic carbocycles. The van der Waals surface area contributed by atoms with E-state index in [0.29, 0.717) is 57.3 Å². The number of hydrogen-bond donors (Lipinski definition) is 0. The van der Waals surface area contributed by atoms with Crippen molar-refractivity contribution in [3.8, 4) is 5.75 Å². The van der Waals surface area contributed by atoms with Gasteiger partial charge in [-0.3, -0.25) is 9.59 Å². The first-order chi connectivity index (χ1) is 15.3. The van der Waals surface area contributed by atoms with Crippen molar-refractivity contribution in [3.05, 3.63) is 65.2 Å². The number of amides is 2. The standard InChI is InChI=1S/C23H25F3N2O4/c1-2-31-15-16-32-20-6-4-3-5-19(20)22(30)28-13-11-27(12-14-28)21(29)17-7-9-18(10-8-17)23(24,25)26/h3-10H,2,11-16H2,1H3. The van der Waals surface area contributed by atoms with E-state index in [-0.39, 0.29) is 17.4 Å². The molecule has 0 unspecified atom stereocenters. The van der Waals surface area contributed by atoms with Gasteiger partial charge < -0.3 is 19.3 Å². The van der Waals surface area contributed by atoms with E-state index >= 15 is 0 Å². The van der Waals surface area contributed by atoms with E-state index in [2.05, 4.69) is 0 Å². The Labute approximate surface area is 184 Å². The highest BCUT2D eigenvalue weighted by molar-refractivity contribution is 5.97. The maximum Gasteiger partial charge on any atom is 0.416 e. The number of ether oxygens (including phenoxy) is 2. The average Bonchev–Trinajstić information content (AvgIpc) is 2.81. The second-order valence-electron chi connectivity index (χ2n) is 7.20. The molecule has 2 amide bonds. The zero-order valence-corrected chi connectivity index (χ0v) is 17.7. The molecule has 0 saturated carbocycles. The van der Waals surface area contributed by atoms with Crippen molar-refractivity contribution in [3.63, 3.8) is 0 Å². The second-order valence-corrected chi connectivity index (χ2v) is 7.20. The van der Waals surface area contributed by atoms with Crippen LogP contribution in [-0.2, 0) is 10.9 Å². The Morgan fingerprint density at radius 1 is 0.875 bits per heavy atom. The van der Waals surface area contributed by atoms with E-state index in [9.17, 15) is 22.8 Å². The summed E-state index contributed by atoms with van der Waals surface area (Å²) in [6.07, 6.45) is -4.45. The van der Waals surface area contributed by atoms with Crippen LogP contribution < -0.4 is 4.74 Å². The summed E-state index contributed by atoms with van der Waals surface area (Å²) in [5.74, 6) is -0.0791. The summed E-state index contributed by atoms with van der Waals surface area (Å²) >= 11 is 0. The number of halogens is 3. The number of piperazine rings is 1. The molecule has 3 rings (SSSR count). The van der Waals surface area contributed by atoms with Gasteiger partial charge in [-0.25, -0.2) is 0 Å². The number of benzene rings is 2. The van der Waals surface area contributed by atoms with E-state index < -0.39 is 11.7 Å². The summed E-state index contributed by atoms with van der Waals surface area (Å²) in [5, 5.41) is 0. The van der Waals surface area contributed by atoms with E-state index in [1.807, 2.05) is 6.92 Å². The summed E-state index contributed by atoms with van der Waals surface area (Å²) in [6, 6.07) is 11.1. The largest absolute Gasteiger partial charge is 0.490 e. The van der Waals surface area contributed by atoms with Crippen LogP contribution >= 0.6 is 0 Å². The quantitative estimate of drug-likeness (QED) is 0.604. The lowest BCUT2D eigenvalue weighted by Gasteiger charge is -2.35. The smallest absolute Gasteiger partial charge is 0.416 e. The Morgan fingerprint density at radius 2 is 1.47 bits per heavy atom. The molecular weight excluding hydrogens is 425 g/mol. The molecule has 1 fully saturated rings. The Bertz CT molecular complexity index is 924. The number of hydrogen-bond acceptors (Lipinski definition) is 4. The SMILES string of the molecule is CCOCCOc1ccccc1C(=O)N1CCN(C(=O)c2ccc(C(F)(F)F)cc2)CC1. The monoisotopic (exact) mass is 450 g/mol. The third-order valence-electron chi connectivity index (χ3n) is 5.12. The minimum absolute atomic E-state index is 0.186. The van der Waals surface area contributed by atoms with Crippen LogP contribution in [-0.4, -0.2) is 67.6 Å². The molecule has 172 valence electrons. The molecule has 0 atom stereocenters. The molecule has 6 nitrogen and oxygen atoms in total. The average molecular weight is 450 g/mol. The molecule has 0 bridgehead atoms. The van der Waals surface area contributed by atoms with Crippen LogP contribution in [0.5, 0.6) is 5.75 Å². The lowest BCUT2D eigenvalue weighted by Crippen LogP contribution is -2.50. The van der Waals surface area contributed by atoms with Gasteiger partial charge in [-0.05, 0) is 43.3 Å². The van der Waals surface area contributed by atoms with Gasteiger partial charge in [0.1, 0.15) is 12.4 Å². The number of carbonyl (C=O) groups is 2. The van der Waals surface area contributed by atoms with E-state index in [1.165, 1.54) is 17.0 Å². The van der Waals surface area contributed by atoms with Crippen molar-refractivity contribution in [2.45, 2.75) is 13.1 Å². The Balaban J connectivity index is 1.59. The lowest BCUT2D eigenvalue weighted by atomic mass is 10.1. The van der Waals surface area contributed by atoms with Crippen molar-refractivity contribution in [2.24, 2.45) is 0 Å². The normalized spacial score (nSPS) is 14.4. The zero-order valence-electron chi connectivity index (χ0n) is 17.7. The van der Waals surface area contributed by atoms with Crippen molar-refractivity contribution >= 4 is 11.8 Å². The molecule has 9 heteroatoms. The molecule has 2 aromatic carbocycles. The van der Waals surface area contributed by atoms with E-state index in [4.69, 9.17) is 9.47 Å². The maximum absolute atomic E-state index is 13.0. The highest BCUT2D eigenvalue weighted by atomic mass is 19.4. The van der Waals surface area contributed by atoms with Crippen molar-refractivity contribution in [1.82, 2.24) is 9.80 Å². The highest BCUT2D eigenvalue weighted by Crippen LogP contribution is 2.29. The number of carbonyl (C=O) groups excluding carboxylic acids is 2. The summed E-state index contributed by atoms with van der Waals surface area (Å²) in [4.78, 5) is 28.8. The third-order valence-corrected chi connectivity index (χ3v) is 5.12. The van der Waals surface area contributed by atoms with Crippen LogP contribution in [0, 0.1) is 0 Å². The fraction of sp³-hybridized carbons (Fsp3) is 0.391. The predicted octanol–water partition coefficient (Wildman–Crippen LogP) is 3.72. The minimum Gasteiger partial charge on any atom is -0.490 e. The molecule has 0 spiro atoms. The van der Waals surface area contributed by atoms with Gasteiger partial charge in [0.2, 0.25) is 0 Å². The summed E-state index contributed by atoms with van der Waals surface area (Å²) in [6.45, 7) is 4.44. The molecular formula is C23H25F3N2O4. The van der Waals surface area contributed by atoms with Crippen LogP contribution in [0.15, 0.2) is 48.5 Å². The molecule has 1 saturated heterocycles. The van der Waals surface area contributed by atoms with E-state index in [0.717, 1.165) is 12.1 Å². The topological polar surface area (TPSA) is 59.1 Å². The number of alkyl halides is 3. The maximum atomic E-state index is 13.0. The van der Waals surface area contributed by atoms with Gasteiger partial charge in [0.05, 0.1) is 17.7 Å². The first-order valence-electron chi connectivity index (χ1n) is 10.4. The van der Waals surface area contributed by atoms with Gasteiger partial charge in [0.25, 0.3) is 11.8 Å². The van der Waals surface area contributed by atoms with Crippen LogP contribution in [0.2, 0.25) is 0 Å². The molecule has 1 heterocycles. The van der Waals surface area contributed by atoms with E-state index in [1.54, 1.807) is 29.2 Å². The molecule has 32 heavy (non-hydrogen) atoms. The Hall–Kier alpha value is -3.07. The fourth-order valence-electron chi connectivity index (χ4n) is 3.39. The minimum atomic E-state index is -4.45. The van der Waals surface area contributed by atoms with Crippen LogP contribution in [0.3, 0.4) is 0 Å². The van der Waals surface area contributed by atoms with Gasteiger partial charge >= 0.3 is 6.18 Å². The lowest BCUT2D eigenvalue weighted by molar-refractivity contribution is -0.137. The number of para-hydroxylation sites is 1. The molecule has 0 N–H and O–H groups in total. The summed E-state index contributed by atoms with van der Waals surface area (Å²) in [7, 11) is 0. The van der Waals surface area contributed by atoms with Gasteiger partial charge in [-0.1, -0.05) is 12.1 Å². The molecule has 1 aliphatic heterocycles. The highest BCUT2D eigenvalue weighted by Gasteiger charge is 2.31. The zero-order chi connectivity index (χ0) is 23.1. The van der Waals surface area contributed by atoms with Crippen molar-refractivity contribution in [1.29, 1.82) is 0 Å². The van der Waals surface area contributed by atoms with Crippen LogP contribution in [0.1, 0.15) is 33.2 Å². The van der Waals surface area contributed by atoms with Crippen molar-refractivity contribution < 1.29 is 32.2 Å². The summed E-state index contributed by atoms with van der Waals surface area (Å²) < 4.78 is 49.1. The first-order valence-corrected chi connectivity index (χ1v) is 10.4. The van der Waals surface area contributed by atoms with Crippen LogP contribution in [0.25, 0.3) is 0 Å². The van der Waals surface area contributed by atoms with Gasteiger partial charge in [0, 0.05) is 38.3 Å². The number of rotatable bonds is 7. The van der Waals surface area contributed by atoms with Crippen LogP contribution in [0.4, 0.5) is 13.2 Å². The Kier molecular flexibility index (Phi) is 7.74. The first kappa shape index (κ1) is 23.6. The van der Waals surface area contributed by atoms with Gasteiger partial charge in [0.15, 0.2) is 0 Å². The fourth-order valence-corrected chi connectivity index (χ4v) is 3.39. The summed E-state index contributed by atoms with van der Waals surface area (Å²) in [5.41, 5.74) is -0.177. The number of nitrogens with zero attached hydrogens (tertiary/aromatic N) is 2. The van der Waals surface area contributed by atoms with Gasteiger partial charge in [-0.15, -0.1) is 0 Å². The van der Waals surface area contributed by atoms with Gasteiger partial charge in [-0.2, -0.15) is 13.2 Å². The molecule has 1 aliphatic rings. The second kappa shape index (κ2) is 10.5. The molecule has 0 aromatic heterocycles. The third kappa shape index (κ3) is 5.79.